The molecular formula is C16H24N2O4S. The molecule has 128 valence electrons. The number of aromatic nitrogens is 1. The van der Waals surface area contributed by atoms with Crippen LogP contribution >= 0.6 is 11.3 Å². The molecule has 1 atom stereocenters. The second-order valence-corrected chi connectivity index (χ2v) is 7.49. The number of ether oxygens (including phenoxy) is 2. The molecule has 1 aromatic rings. The molecular weight excluding hydrogens is 316 g/mol. The highest BCUT2D eigenvalue weighted by Gasteiger charge is 2.30. The number of nitrogens with zero attached hydrogens (tertiary/aromatic N) is 2. The summed E-state index contributed by atoms with van der Waals surface area (Å²) in [5.41, 5.74) is -0.513. The lowest BCUT2D eigenvalue weighted by Gasteiger charge is -2.36. The first kappa shape index (κ1) is 17.9. The summed E-state index contributed by atoms with van der Waals surface area (Å²) in [6, 6.07) is -0.0392. The van der Waals surface area contributed by atoms with Crippen molar-refractivity contribution in [2.75, 3.05) is 19.8 Å². The normalized spacial score (nSPS) is 18.7. The molecule has 6 nitrogen and oxygen atoms in total. The lowest BCUT2D eigenvalue weighted by Crippen LogP contribution is -2.48. The number of likely N-dealkylation sites (tertiary alicyclic amines) is 1. The second-order valence-electron chi connectivity index (χ2n) is 6.60. The Kier molecular flexibility index (Phi) is 6.12. The quantitative estimate of drug-likeness (QED) is 0.770. The first-order valence-electron chi connectivity index (χ1n) is 7.87. The molecule has 2 heterocycles. The predicted octanol–water partition coefficient (Wildman–Crippen LogP) is 3.13. The van der Waals surface area contributed by atoms with E-state index >= 15 is 0 Å². The topological polar surface area (TPSA) is 68.7 Å². The van der Waals surface area contributed by atoms with E-state index in [1.165, 1.54) is 11.3 Å². The third-order valence-electron chi connectivity index (χ3n) is 3.47. The van der Waals surface area contributed by atoms with Gasteiger partial charge in [0.05, 0.1) is 12.6 Å². The van der Waals surface area contributed by atoms with Gasteiger partial charge in [-0.15, -0.1) is 11.3 Å². The van der Waals surface area contributed by atoms with Gasteiger partial charge in [0, 0.05) is 18.1 Å². The van der Waals surface area contributed by atoms with Crippen LogP contribution in [-0.2, 0) is 9.47 Å². The molecule has 7 heteroatoms. The number of piperidine rings is 1. The second kappa shape index (κ2) is 7.88. The van der Waals surface area contributed by atoms with Crippen LogP contribution in [0.2, 0.25) is 0 Å². The van der Waals surface area contributed by atoms with Gasteiger partial charge < -0.3 is 14.4 Å². The van der Waals surface area contributed by atoms with E-state index < -0.39 is 5.60 Å². The van der Waals surface area contributed by atoms with E-state index in [1.807, 2.05) is 20.8 Å². The van der Waals surface area contributed by atoms with Crippen molar-refractivity contribution in [2.24, 2.45) is 0 Å². The Morgan fingerprint density at radius 3 is 2.83 bits per heavy atom. The third-order valence-corrected chi connectivity index (χ3v) is 4.28. The summed E-state index contributed by atoms with van der Waals surface area (Å²) >= 11 is 1.30. The highest BCUT2D eigenvalue weighted by molar-refractivity contribution is 7.11. The first-order valence-corrected chi connectivity index (χ1v) is 8.75. The zero-order valence-corrected chi connectivity index (χ0v) is 14.7. The summed E-state index contributed by atoms with van der Waals surface area (Å²) in [4.78, 5) is 29.8. The van der Waals surface area contributed by atoms with Crippen LogP contribution in [-0.4, -0.2) is 53.2 Å². The summed E-state index contributed by atoms with van der Waals surface area (Å²) < 4.78 is 11.0. The monoisotopic (exact) mass is 340 g/mol. The van der Waals surface area contributed by atoms with E-state index in [0.29, 0.717) is 18.2 Å². The summed E-state index contributed by atoms with van der Waals surface area (Å²) in [6.45, 7) is 6.57. The van der Waals surface area contributed by atoms with Crippen molar-refractivity contribution in [3.8, 4) is 0 Å². The maximum absolute atomic E-state index is 12.3. The smallest absolute Gasteiger partial charge is 0.410 e. The van der Waals surface area contributed by atoms with Crippen LogP contribution in [0.1, 0.15) is 49.8 Å². The molecule has 1 aliphatic heterocycles. The molecule has 0 spiro atoms. The lowest BCUT2D eigenvalue weighted by molar-refractivity contribution is -0.00622. The molecule has 0 aromatic carbocycles. The minimum atomic E-state index is -0.513. The molecule has 0 N–H and O–H groups in total. The van der Waals surface area contributed by atoms with Crippen molar-refractivity contribution >= 4 is 23.2 Å². The molecule has 1 aromatic heterocycles. The van der Waals surface area contributed by atoms with E-state index in [0.717, 1.165) is 19.3 Å². The highest BCUT2D eigenvalue weighted by atomic mass is 32.1. The number of rotatable bonds is 5. The average Bonchev–Trinajstić information content (AvgIpc) is 3.00. The Labute approximate surface area is 140 Å². The lowest BCUT2D eigenvalue weighted by atomic mass is 10.0. The molecule has 0 unspecified atom stereocenters. The van der Waals surface area contributed by atoms with Gasteiger partial charge in [-0.25, -0.2) is 9.78 Å². The molecule has 23 heavy (non-hydrogen) atoms. The van der Waals surface area contributed by atoms with Crippen LogP contribution in [0, 0.1) is 0 Å². The van der Waals surface area contributed by atoms with Crippen molar-refractivity contribution < 1.29 is 19.1 Å². The minimum Gasteiger partial charge on any atom is -0.444 e. The largest absolute Gasteiger partial charge is 0.444 e. The van der Waals surface area contributed by atoms with Crippen LogP contribution in [0.4, 0.5) is 4.79 Å². The summed E-state index contributed by atoms with van der Waals surface area (Å²) in [6.07, 6.45) is 4.17. The van der Waals surface area contributed by atoms with Crippen LogP contribution < -0.4 is 0 Å². The zero-order chi connectivity index (χ0) is 16.9. The van der Waals surface area contributed by atoms with Crippen LogP contribution in [0.25, 0.3) is 0 Å². The molecule has 1 aliphatic rings. The van der Waals surface area contributed by atoms with Crippen molar-refractivity contribution in [3.63, 3.8) is 0 Å². The van der Waals surface area contributed by atoms with E-state index in [9.17, 15) is 9.59 Å². The van der Waals surface area contributed by atoms with Crippen LogP contribution in [0.3, 0.4) is 0 Å². The minimum absolute atomic E-state index is 0.00777. The molecule has 0 saturated carbocycles. The molecule has 2 rings (SSSR count). The number of amides is 1. The number of thiazole rings is 1. The molecule has 1 amide bonds. The summed E-state index contributed by atoms with van der Waals surface area (Å²) in [7, 11) is 0. The SMILES string of the molecule is CC(C)(C)OC(=O)N1CCCC[C@H]1COCC(=O)c1nccs1. The Balaban J connectivity index is 1.84. The van der Waals surface area contributed by atoms with Crippen LogP contribution in [0.5, 0.6) is 0 Å². The Bertz CT molecular complexity index is 525. The Hall–Kier alpha value is -1.47. The Morgan fingerprint density at radius 1 is 1.39 bits per heavy atom. The molecule has 1 saturated heterocycles. The van der Waals surface area contributed by atoms with E-state index in [4.69, 9.17) is 9.47 Å². The van der Waals surface area contributed by atoms with Gasteiger partial charge in [-0.1, -0.05) is 0 Å². The zero-order valence-electron chi connectivity index (χ0n) is 13.9. The predicted molar refractivity (Wildman–Crippen MR) is 87.8 cm³/mol. The van der Waals surface area contributed by atoms with E-state index in [2.05, 4.69) is 4.98 Å². The fourth-order valence-corrected chi connectivity index (χ4v) is 3.01. The van der Waals surface area contributed by atoms with Gasteiger partial charge in [-0.3, -0.25) is 4.79 Å². The number of hydrogen-bond donors (Lipinski definition) is 0. The van der Waals surface area contributed by atoms with Gasteiger partial charge in [0.15, 0.2) is 5.01 Å². The number of ketones is 1. The highest BCUT2D eigenvalue weighted by Crippen LogP contribution is 2.20. The van der Waals surface area contributed by atoms with Gasteiger partial charge in [-0.05, 0) is 40.0 Å². The van der Waals surface area contributed by atoms with Crippen molar-refractivity contribution in [1.82, 2.24) is 9.88 Å². The van der Waals surface area contributed by atoms with Gasteiger partial charge in [-0.2, -0.15) is 0 Å². The Morgan fingerprint density at radius 2 is 2.17 bits per heavy atom. The van der Waals surface area contributed by atoms with Crippen molar-refractivity contribution in [3.05, 3.63) is 16.6 Å². The maximum atomic E-state index is 12.3. The number of carbonyl (C=O) groups excluding carboxylic acids is 2. The van der Waals surface area contributed by atoms with Crippen molar-refractivity contribution in [1.29, 1.82) is 0 Å². The molecule has 0 aliphatic carbocycles. The number of hydrogen-bond acceptors (Lipinski definition) is 6. The fraction of sp³-hybridized carbons (Fsp3) is 0.688. The van der Waals surface area contributed by atoms with Gasteiger partial charge >= 0.3 is 6.09 Å². The first-order chi connectivity index (χ1) is 10.9. The van der Waals surface area contributed by atoms with Gasteiger partial charge in [0.1, 0.15) is 12.2 Å². The third kappa shape index (κ3) is 5.58. The summed E-state index contributed by atoms with van der Waals surface area (Å²) in [5, 5.41) is 2.22. The van der Waals surface area contributed by atoms with Crippen molar-refractivity contribution in [2.45, 2.75) is 51.7 Å². The average molecular weight is 340 g/mol. The molecule has 0 bridgehead atoms. The number of carbonyl (C=O) groups is 2. The van der Waals surface area contributed by atoms with Crippen LogP contribution in [0.15, 0.2) is 11.6 Å². The van der Waals surface area contributed by atoms with Gasteiger partial charge in [0.2, 0.25) is 5.78 Å². The maximum Gasteiger partial charge on any atom is 0.410 e. The molecule has 0 radical (unpaired) electrons. The number of Topliss-reactive ketones (excluding diaryl/α,β-unsaturated/α-hetero) is 1. The molecule has 1 fully saturated rings. The standard InChI is InChI=1S/C16H24N2O4S/c1-16(2,3)22-15(20)18-8-5-4-6-12(18)10-21-11-13(19)14-17-7-9-23-14/h7,9,12H,4-6,8,10-11H2,1-3H3/t12-/m0/s1. The van der Waals surface area contributed by atoms with Gasteiger partial charge in [0.25, 0.3) is 0 Å². The van der Waals surface area contributed by atoms with E-state index in [1.54, 1.807) is 16.5 Å². The van der Waals surface area contributed by atoms with E-state index in [-0.39, 0.29) is 24.5 Å². The summed E-state index contributed by atoms with van der Waals surface area (Å²) in [5.74, 6) is -0.125. The fourth-order valence-electron chi connectivity index (χ4n) is 2.45.